The summed E-state index contributed by atoms with van der Waals surface area (Å²) in [7, 11) is 1.54. The molecule has 2 rings (SSSR count). The molecule has 0 aliphatic rings. The van der Waals surface area contributed by atoms with E-state index in [9.17, 15) is 8.42 Å². The number of hydrogen-bond acceptors (Lipinski definition) is 3. The minimum absolute atomic E-state index is 0.0353. The third-order valence-electron chi connectivity index (χ3n) is 2.42. The third kappa shape index (κ3) is 3.96. The van der Waals surface area contributed by atoms with E-state index in [0.29, 0.717) is 16.8 Å². The van der Waals surface area contributed by atoms with E-state index in [2.05, 4.69) is 15.9 Å². The standard InChI is InChI=1S/C13H10BrClO3S/c14-12-8-11(19(15,16)17)6-7-13(12)18-9-10-4-2-1-3-5-10/h1-8H,9H2. The molecule has 0 aliphatic carbocycles. The Bertz CT molecular complexity index is 672. The quantitative estimate of drug-likeness (QED) is 0.774. The third-order valence-corrected chi connectivity index (χ3v) is 4.39. The number of hydrogen-bond donors (Lipinski definition) is 0. The van der Waals surface area contributed by atoms with E-state index in [1.807, 2.05) is 30.3 Å². The number of ether oxygens (including phenoxy) is 1. The average Bonchev–Trinajstić information content (AvgIpc) is 2.37. The lowest BCUT2D eigenvalue weighted by atomic mass is 10.2. The normalized spacial score (nSPS) is 11.3. The maximum atomic E-state index is 11.2. The lowest BCUT2D eigenvalue weighted by molar-refractivity contribution is 0.304. The van der Waals surface area contributed by atoms with Crippen molar-refractivity contribution in [3.8, 4) is 5.75 Å². The number of halogens is 2. The number of benzene rings is 2. The zero-order chi connectivity index (χ0) is 13.9. The Morgan fingerprint density at radius 1 is 1.11 bits per heavy atom. The Hall–Kier alpha value is -1.04. The highest BCUT2D eigenvalue weighted by molar-refractivity contribution is 9.10. The van der Waals surface area contributed by atoms with Crippen LogP contribution in [0.1, 0.15) is 5.56 Å². The van der Waals surface area contributed by atoms with Gasteiger partial charge in [-0.2, -0.15) is 0 Å². The van der Waals surface area contributed by atoms with Gasteiger partial charge >= 0.3 is 0 Å². The summed E-state index contributed by atoms with van der Waals surface area (Å²) in [6.07, 6.45) is 0. The summed E-state index contributed by atoms with van der Waals surface area (Å²) < 4.78 is 28.5. The van der Waals surface area contributed by atoms with Gasteiger partial charge in [0.25, 0.3) is 9.05 Å². The van der Waals surface area contributed by atoms with E-state index >= 15 is 0 Å². The fourth-order valence-corrected chi connectivity index (χ4v) is 2.91. The van der Waals surface area contributed by atoms with Crippen LogP contribution in [0.3, 0.4) is 0 Å². The molecule has 0 aliphatic heterocycles. The highest BCUT2D eigenvalue weighted by Gasteiger charge is 2.12. The highest BCUT2D eigenvalue weighted by Crippen LogP contribution is 2.29. The summed E-state index contributed by atoms with van der Waals surface area (Å²) in [4.78, 5) is 0.0353. The van der Waals surface area contributed by atoms with Crippen LogP contribution >= 0.6 is 26.6 Å². The first kappa shape index (κ1) is 14.4. The van der Waals surface area contributed by atoms with Crippen LogP contribution in [0.25, 0.3) is 0 Å². The molecule has 0 bridgehead atoms. The van der Waals surface area contributed by atoms with Gasteiger partial charge in [-0.3, -0.25) is 0 Å². The first-order valence-electron chi connectivity index (χ1n) is 5.38. The minimum Gasteiger partial charge on any atom is -0.488 e. The molecule has 6 heteroatoms. The van der Waals surface area contributed by atoms with E-state index in [1.165, 1.54) is 12.1 Å². The Kier molecular flexibility index (Phi) is 4.50. The monoisotopic (exact) mass is 360 g/mol. The molecule has 0 radical (unpaired) electrons. The van der Waals surface area contributed by atoms with E-state index in [1.54, 1.807) is 6.07 Å². The molecule has 0 spiro atoms. The van der Waals surface area contributed by atoms with Gasteiger partial charge in [0, 0.05) is 10.7 Å². The van der Waals surface area contributed by atoms with Crippen LogP contribution in [0.2, 0.25) is 0 Å². The van der Waals surface area contributed by atoms with Crippen molar-refractivity contribution < 1.29 is 13.2 Å². The molecule has 0 heterocycles. The zero-order valence-electron chi connectivity index (χ0n) is 9.71. The highest BCUT2D eigenvalue weighted by atomic mass is 79.9. The van der Waals surface area contributed by atoms with Crippen LogP contribution < -0.4 is 4.74 Å². The van der Waals surface area contributed by atoms with Crippen molar-refractivity contribution in [1.82, 2.24) is 0 Å². The maximum absolute atomic E-state index is 11.2. The van der Waals surface area contributed by atoms with Crippen molar-refractivity contribution in [3.05, 3.63) is 58.6 Å². The Labute approximate surface area is 124 Å². The predicted octanol–water partition coefficient (Wildman–Crippen LogP) is 3.96. The SMILES string of the molecule is O=S(=O)(Cl)c1ccc(OCc2ccccc2)c(Br)c1. The van der Waals surface area contributed by atoms with Crippen molar-refractivity contribution in [1.29, 1.82) is 0 Å². The Morgan fingerprint density at radius 2 is 1.79 bits per heavy atom. The van der Waals surface area contributed by atoms with Crippen LogP contribution in [0.4, 0.5) is 0 Å². The molecule has 0 N–H and O–H groups in total. The minimum atomic E-state index is -3.72. The molecule has 0 saturated carbocycles. The second kappa shape index (κ2) is 5.94. The van der Waals surface area contributed by atoms with Crippen molar-refractivity contribution in [2.45, 2.75) is 11.5 Å². The fraction of sp³-hybridized carbons (Fsp3) is 0.0769. The summed E-state index contributed by atoms with van der Waals surface area (Å²) in [5, 5.41) is 0. The molecule has 0 saturated heterocycles. The lowest BCUT2D eigenvalue weighted by Gasteiger charge is -2.09. The summed E-state index contributed by atoms with van der Waals surface area (Å²) in [6.45, 7) is 0.409. The van der Waals surface area contributed by atoms with Gasteiger partial charge in [0.2, 0.25) is 0 Å². The van der Waals surface area contributed by atoms with Gasteiger partial charge in [0.1, 0.15) is 12.4 Å². The van der Waals surface area contributed by atoms with Gasteiger partial charge in [-0.15, -0.1) is 0 Å². The molecular weight excluding hydrogens is 352 g/mol. The van der Waals surface area contributed by atoms with E-state index < -0.39 is 9.05 Å². The summed E-state index contributed by atoms with van der Waals surface area (Å²) >= 11 is 3.27. The lowest BCUT2D eigenvalue weighted by Crippen LogP contribution is -1.97. The largest absolute Gasteiger partial charge is 0.488 e. The number of rotatable bonds is 4. The van der Waals surface area contributed by atoms with Gasteiger partial charge in [0.15, 0.2) is 0 Å². The molecule has 0 fully saturated rings. The topological polar surface area (TPSA) is 43.4 Å². The van der Waals surface area contributed by atoms with E-state index in [0.717, 1.165) is 5.56 Å². The van der Waals surface area contributed by atoms with Gasteiger partial charge in [-0.05, 0) is 39.7 Å². The molecule has 19 heavy (non-hydrogen) atoms. The maximum Gasteiger partial charge on any atom is 0.261 e. The average molecular weight is 362 g/mol. The molecule has 0 atom stereocenters. The fourth-order valence-electron chi connectivity index (χ4n) is 1.49. The smallest absolute Gasteiger partial charge is 0.261 e. The van der Waals surface area contributed by atoms with Crippen LogP contribution in [0.5, 0.6) is 5.75 Å². The molecular formula is C13H10BrClO3S. The van der Waals surface area contributed by atoms with E-state index in [-0.39, 0.29) is 4.90 Å². The molecule has 0 unspecified atom stereocenters. The second-order valence-electron chi connectivity index (χ2n) is 3.80. The summed E-state index contributed by atoms with van der Waals surface area (Å²) in [5.74, 6) is 0.563. The summed E-state index contributed by atoms with van der Waals surface area (Å²) in [6, 6.07) is 14.1. The van der Waals surface area contributed by atoms with Gasteiger partial charge < -0.3 is 4.74 Å². The van der Waals surface area contributed by atoms with Crippen molar-refractivity contribution >= 4 is 35.7 Å². The molecule has 2 aromatic rings. The van der Waals surface area contributed by atoms with Gasteiger partial charge in [-0.25, -0.2) is 8.42 Å². The summed E-state index contributed by atoms with van der Waals surface area (Å²) in [5.41, 5.74) is 1.03. The van der Waals surface area contributed by atoms with Crippen molar-refractivity contribution in [2.24, 2.45) is 0 Å². The van der Waals surface area contributed by atoms with E-state index in [4.69, 9.17) is 15.4 Å². The van der Waals surface area contributed by atoms with Crippen molar-refractivity contribution in [2.75, 3.05) is 0 Å². The van der Waals surface area contributed by atoms with Crippen LogP contribution in [0.15, 0.2) is 57.9 Å². The van der Waals surface area contributed by atoms with Gasteiger partial charge in [-0.1, -0.05) is 30.3 Å². The molecule has 0 aromatic heterocycles. The van der Waals surface area contributed by atoms with Crippen molar-refractivity contribution in [3.63, 3.8) is 0 Å². The molecule has 2 aromatic carbocycles. The Morgan fingerprint density at radius 3 is 2.37 bits per heavy atom. The van der Waals surface area contributed by atoms with Crippen LogP contribution in [-0.4, -0.2) is 8.42 Å². The Balaban J connectivity index is 2.14. The first-order valence-corrected chi connectivity index (χ1v) is 8.48. The molecule has 3 nitrogen and oxygen atoms in total. The predicted molar refractivity (Wildman–Crippen MR) is 78.0 cm³/mol. The second-order valence-corrected chi connectivity index (χ2v) is 7.22. The van der Waals surface area contributed by atoms with Crippen LogP contribution in [-0.2, 0) is 15.7 Å². The first-order chi connectivity index (χ1) is 8.97. The molecule has 100 valence electrons. The van der Waals surface area contributed by atoms with Gasteiger partial charge in [0.05, 0.1) is 9.37 Å². The zero-order valence-corrected chi connectivity index (χ0v) is 12.9. The van der Waals surface area contributed by atoms with Crippen LogP contribution in [0, 0.1) is 0 Å². The molecule has 0 amide bonds.